The molecule has 1 unspecified atom stereocenters. The number of ether oxygens (including phenoxy) is 1. The van der Waals surface area contributed by atoms with Gasteiger partial charge in [0.15, 0.2) is 0 Å². The van der Waals surface area contributed by atoms with Crippen LogP contribution in [-0.2, 0) is 4.74 Å². The molecule has 0 bridgehead atoms. The van der Waals surface area contributed by atoms with E-state index in [1.807, 2.05) is 7.11 Å². The second-order valence-corrected chi connectivity index (χ2v) is 6.46. The second kappa shape index (κ2) is 5.89. The summed E-state index contributed by atoms with van der Waals surface area (Å²) in [5.74, 6) is 2.04. The number of methoxy groups -OCH3 is 1. The van der Waals surface area contributed by atoms with Crippen molar-refractivity contribution in [2.75, 3.05) is 33.3 Å². The number of rotatable bonds is 7. The fraction of sp³-hybridized carbons (Fsp3) is 1.00. The summed E-state index contributed by atoms with van der Waals surface area (Å²) in [6.45, 7) is 4.78. The molecule has 3 heteroatoms. The molecular weight excluding hydrogens is 224 g/mol. The first-order valence-corrected chi connectivity index (χ1v) is 7.85. The summed E-state index contributed by atoms with van der Waals surface area (Å²) in [5, 5.41) is 3.84. The Hall–Kier alpha value is -0.120. The molecule has 3 nitrogen and oxygen atoms in total. The Morgan fingerprint density at radius 3 is 2.50 bits per heavy atom. The van der Waals surface area contributed by atoms with Gasteiger partial charge in [-0.3, -0.25) is 4.90 Å². The highest BCUT2D eigenvalue weighted by Crippen LogP contribution is 2.44. The molecule has 1 heterocycles. The Labute approximate surface area is 111 Å². The van der Waals surface area contributed by atoms with Crippen LogP contribution in [-0.4, -0.2) is 50.3 Å². The fourth-order valence-electron chi connectivity index (χ4n) is 3.43. The maximum absolute atomic E-state index is 5.48. The van der Waals surface area contributed by atoms with Crippen LogP contribution in [0.1, 0.15) is 38.5 Å². The first-order chi connectivity index (χ1) is 8.86. The molecule has 0 spiro atoms. The van der Waals surface area contributed by atoms with E-state index in [-0.39, 0.29) is 0 Å². The molecule has 2 saturated carbocycles. The third-order valence-electron chi connectivity index (χ3n) is 4.86. The van der Waals surface area contributed by atoms with Crippen molar-refractivity contribution in [3.05, 3.63) is 0 Å². The quantitative estimate of drug-likeness (QED) is 0.749. The minimum absolute atomic E-state index is 0.474. The van der Waals surface area contributed by atoms with Crippen LogP contribution in [0.5, 0.6) is 0 Å². The van der Waals surface area contributed by atoms with Crippen molar-refractivity contribution < 1.29 is 4.74 Å². The van der Waals surface area contributed by atoms with Gasteiger partial charge in [-0.2, -0.15) is 0 Å². The van der Waals surface area contributed by atoms with Gasteiger partial charge in [0, 0.05) is 32.8 Å². The van der Waals surface area contributed by atoms with Crippen LogP contribution in [0.2, 0.25) is 0 Å². The number of hydrogen-bond acceptors (Lipinski definition) is 3. The number of likely N-dealkylation sites (tertiary alicyclic amines) is 1. The average molecular weight is 252 g/mol. The van der Waals surface area contributed by atoms with Crippen molar-refractivity contribution in [2.24, 2.45) is 11.8 Å². The predicted molar refractivity (Wildman–Crippen MR) is 73.7 cm³/mol. The molecule has 3 aliphatic rings. The third-order valence-corrected chi connectivity index (χ3v) is 4.86. The van der Waals surface area contributed by atoms with E-state index in [0.717, 1.165) is 24.4 Å². The lowest BCUT2D eigenvalue weighted by atomic mass is 10.1. The zero-order valence-corrected chi connectivity index (χ0v) is 11.7. The van der Waals surface area contributed by atoms with Crippen LogP contribution in [0.15, 0.2) is 0 Å². The van der Waals surface area contributed by atoms with Crippen molar-refractivity contribution in [1.82, 2.24) is 10.2 Å². The van der Waals surface area contributed by atoms with Crippen LogP contribution in [0.4, 0.5) is 0 Å². The van der Waals surface area contributed by atoms with Gasteiger partial charge in [-0.1, -0.05) is 0 Å². The molecule has 3 fully saturated rings. The van der Waals surface area contributed by atoms with Gasteiger partial charge >= 0.3 is 0 Å². The lowest BCUT2D eigenvalue weighted by molar-refractivity contribution is 0.0315. The van der Waals surface area contributed by atoms with Crippen LogP contribution in [0.3, 0.4) is 0 Å². The van der Waals surface area contributed by atoms with Crippen molar-refractivity contribution in [2.45, 2.75) is 50.7 Å². The zero-order valence-electron chi connectivity index (χ0n) is 11.7. The average Bonchev–Trinajstić information content (AvgIpc) is 3.28. The Bertz CT molecular complexity index is 251. The lowest BCUT2D eigenvalue weighted by Gasteiger charge is -2.32. The van der Waals surface area contributed by atoms with Gasteiger partial charge in [-0.15, -0.1) is 0 Å². The van der Waals surface area contributed by atoms with Gasteiger partial charge in [-0.25, -0.2) is 0 Å². The number of hydrogen-bond donors (Lipinski definition) is 1. The monoisotopic (exact) mass is 252 g/mol. The number of nitrogens with one attached hydrogen (secondary N) is 1. The molecule has 104 valence electrons. The third kappa shape index (κ3) is 3.46. The van der Waals surface area contributed by atoms with Crippen LogP contribution >= 0.6 is 0 Å². The Balaban J connectivity index is 1.35. The first-order valence-electron chi connectivity index (χ1n) is 7.85. The highest BCUT2D eigenvalue weighted by molar-refractivity contribution is 4.96. The molecule has 1 aliphatic heterocycles. The molecule has 3 rings (SSSR count). The molecule has 0 aromatic heterocycles. The van der Waals surface area contributed by atoms with Crippen molar-refractivity contribution in [3.63, 3.8) is 0 Å². The summed E-state index contributed by atoms with van der Waals surface area (Å²) in [4.78, 5) is 2.57. The van der Waals surface area contributed by atoms with E-state index in [1.165, 1.54) is 58.2 Å². The van der Waals surface area contributed by atoms with Crippen LogP contribution in [0.25, 0.3) is 0 Å². The predicted octanol–water partition coefficient (Wildman–Crippen LogP) is 1.88. The highest BCUT2D eigenvalue weighted by atomic mass is 16.5. The van der Waals surface area contributed by atoms with E-state index in [1.54, 1.807) is 0 Å². The Morgan fingerprint density at radius 1 is 1.17 bits per heavy atom. The normalized spacial score (nSPS) is 30.0. The van der Waals surface area contributed by atoms with Gasteiger partial charge in [0.05, 0.1) is 6.10 Å². The van der Waals surface area contributed by atoms with Crippen molar-refractivity contribution in [1.29, 1.82) is 0 Å². The molecule has 1 saturated heterocycles. The standard InChI is InChI=1S/C15H28N2O/c1-18-14-3-2-9-17(11-14)10-8-16-15(12-4-5-12)13-6-7-13/h12-16H,2-11H2,1H3. The smallest absolute Gasteiger partial charge is 0.0698 e. The summed E-state index contributed by atoms with van der Waals surface area (Å²) in [7, 11) is 1.85. The molecule has 0 amide bonds. The van der Waals surface area contributed by atoms with Gasteiger partial charge in [0.1, 0.15) is 0 Å². The van der Waals surface area contributed by atoms with Crippen molar-refractivity contribution in [3.8, 4) is 0 Å². The number of piperidine rings is 1. The lowest BCUT2D eigenvalue weighted by Crippen LogP contribution is -2.44. The van der Waals surface area contributed by atoms with E-state index in [0.29, 0.717) is 6.10 Å². The van der Waals surface area contributed by atoms with E-state index < -0.39 is 0 Å². The second-order valence-electron chi connectivity index (χ2n) is 6.46. The van der Waals surface area contributed by atoms with Gasteiger partial charge in [0.2, 0.25) is 0 Å². The summed E-state index contributed by atoms with van der Waals surface area (Å²) >= 11 is 0. The summed E-state index contributed by atoms with van der Waals surface area (Å²) in [6.07, 6.45) is 8.92. The minimum atomic E-state index is 0.474. The summed E-state index contributed by atoms with van der Waals surface area (Å²) in [6, 6.07) is 0.855. The molecule has 0 aromatic carbocycles. The van der Waals surface area contributed by atoms with Crippen LogP contribution in [0, 0.1) is 11.8 Å². The number of nitrogens with zero attached hydrogens (tertiary/aromatic N) is 1. The fourth-order valence-corrected chi connectivity index (χ4v) is 3.43. The molecule has 0 radical (unpaired) electrons. The first kappa shape index (κ1) is 12.9. The minimum Gasteiger partial charge on any atom is -0.380 e. The molecule has 1 N–H and O–H groups in total. The van der Waals surface area contributed by atoms with Crippen molar-refractivity contribution >= 4 is 0 Å². The molecule has 2 aliphatic carbocycles. The van der Waals surface area contributed by atoms with E-state index in [9.17, 15) is 0 Å². The van der Waals surface area contributed by atoms with Gasteiger partial charge in [-0.05, 0) is 56.9 Å². The van der Waals surface area contributed by atoms with E-state index in [2.05, 4.69) is 10.2 Å². The Kier molecular flexibility index (Phi) is 4.22. The maximum Gasteiger partial charge on any atom is 0.0698 e. The van der Waals surface area contributed by atoms with Gasteiger partial charge < -0.3 is 10.1 Å². The Morgan fingerprint density at radius 2 is 1.89 bits per heavy atom. The van der Waals surface area contributed by atoms with E-state index in [4.69, 9.17) is 4.74 Å². The largest absolute Gasteiger partial charge is 0.380 e. The topological polar surface area (TPSA) is 24.5 Å². The maximum atomic E-state index is 5.48. The zero-order chi connectivity index (χ0) is 12.4. The van der Waals surface area contributed by atoms with Gasteiger partial charge in [0.25, 0.3) is 0 Å². The molecule has 18 heavy (non-hydrogen) atoms. The molecule has 1 atom stereocenters. The molecular formula is C15H28N2O. The SMILES string of the molecule is COC1CCCN(CCNC(C2CC2)C2CC2)C1. The van der Waals surface area contributed by atoms with Crippen LogP contribution < -0.4 is 5.32 Å². The molecule has 0 aromatic rings. The summed E-state index contributed by atoms with van der Waals surface area (Å²) in [5.41, 5.74) is 0. The van der Waals surface area contributed by atoms with E-state index >= 15 is 0 Å². The summed E-state index contributed by atoms with van der Waals surface area (Å²) < 4.78 is 5.48. The highest BCUT2D eigenvalue weighted by Gasteiger charge is 2.40.